The third-order valence-electron chi connectivity index (χ3n) is 5.83. The normalized spacial score (nSPS) is 36.8. The van der Waals surface area contributed by atoms with E-state index < -0.39 is 0 Å². The highest BCUT2D eigenvalue weighted by Gasteiger charge is 2.38. The zero-order chi connectivity index (χ0) is 14.7. The Morgan fingerprint density at radius 2 is 1.75 bits per heavy atom. The second kappa shape index (κ2) is 7.26. The van der Waals surface area contributed by atoms with Crippen molar-refractivity contribution >= 4 is 0 Å². The van der Waals surface area contributed by atoms with Gasteiger partial charge in [-0.15, -0.1) is 0 Å². The van der Waals surface area contributed by atoms with E-state index in [1.165, 1.54) is 45.2 Å². The molecule has 0 amide bonds. The molecule has 2 nitrogen and oxygen atoms in total. The lowest BCUT2D eigenvalue weighted by atomic mass is 9.76. The van der Waals surface area contributed by atoms with Crippen LogP contribution in [-0.4, -0.2) is 36.1 Å². The summed E-state index contributed by atoms with van der Waals surface area (Å²) in [4.78, 5) is 2.91. The van der Waals surface area contributed by atoms with Crippen molar-refractivity contribution in [1.82, 2.24) is 10.2 Å². The van der Waals surface area contributed by atoms with Crippen LogP contribution < -0.4 is 5.32 Å². The van der Waals surface area contributed by atoms with Crippen molar-refractivity contribution in [3.63, 3.8) is 0 Å². The van der Waals surface area contributed by atoms with Gasteiger partial charge in [-0.2, -0.15) is 0 Å². The molecule has 2 aliphatic rings. The fourth-order valence-electron chi connectivity index (χ4n) is 4.41. The summed E-state index contributed by atoms with van der Waals surface area (Å²) in [5.74, 6) is 2.50. The van der Waals surface area contributed by atoms with Crippen molar-refractivity contribution in [3.8, 4) is 0 Å². The van der Waals surface area contributed by atoms with Crippen LogP contribution in [0.1, 0.15) is 66.7 Å². The Labute approximate surface area is 126 Å². The maximum Gasteiger partial charge on any atom is 0.0221 e. The lowest BCUT2D eigenvalue weighted by Crippen LogP contribution is -2.62. The van der Waals surface area contributed by atoms with Gasteiger partial charge in [-0.05, 0) is 37.0 Å². The first kappa shape index (κ1) is 16.3. The van der Waals surface area contributed by atoms with Crippen LogP contribution in [0, 0.1) is 17.8 Å². The second-order valence-corrected chi connectivity index (χ2v) is 7.78. The Morgan fingerprint density at radius 3 is 2.35 bits per heavy atom. The van der Waals surface area contributed by atoms with Gasteiger partial charge in [0.15, 0.2) is 0 Å². The highest BCUT2D eigenvalue weighted by Crippen LogP contribution is 2.35. The van der Waals surface area contributed by atoms with Gasteiger partial charge in [-0.3, -0.25) is 4.90 Å². The van der Waals surface area contributed by atoms with E-state index in [1.807, 2.05) is 0 Å². The highest BCUT2D eigenvalue weighted by molar-refractivity contribution is 4.94. The Balaban J connectivity index is 2.11. The minimum absolute atomic E-state index is 0.688. The Bertz CT molecular complexity index is 287. The second-order valence-electron chi connectivity index (χ2n) is 7.78. The monoisotopic (exact) mass is 280 g/mol. The summed E-state index contributed by atoms with van der Waals surface area (Å²) in [7, 11) is 0. The molecule has 1 N–H and O–H groups in total. The number of hydrogen-bond acceptors (Lipinski definition) is 2. The fraction of sp³-hybridized carbons (Fsp3) is 1.00. The lowest BCUT2D eigenvalue weighted by Gasteiger charge is -2.50. The maximum absolute atomic E-state index is 3.79. The van der Waals surface area contributed by atoms with Gasteiger partial charge in [0.05, 0.1) is 0 Å². The molecular formula is C18H36N2. The molecule has 4 unspecified atom stereocenters. The van der Waals surface area contributed by atoms with E-state index in [0.717, 1.165) is 29.8 Å². The van der Waals surface area contributed by atoms with E-state index >= 15 is 0 Å². The van der Waals surface area contributed by atoms with Crippen molar-refractivity contribution in [2.45, 2.75) is 84.8 Å². The predicted molar refractivity (Wildman–Crippen MR) is 88.0 cm³/mol. The van der Waals surface area contributed by atoms with Crippen LogP contribution in [0.15, 0.2) is 0 Å². The average molecular weight is 280 g/mol. The van der Waals surface area contributed by atoms with Crippen LogP contribution in [0.3, 0.4) is 0 Å². The largest absolute Gasteiger partial charge is 0.311 e. The molecule has 0 bridgehead atoms. The topological polar surface area (TPSA) is 15.3 Å². The van der Waals surface area contributed by atoms with Crippen LogP contribution in [0.5, 0.6) is 0 Å². The molecule has 2 heteroatoms. The first-order chi connectivity index (χ1) is 9.54. The van der Waals surface area contributed by atoms with E-state index in [2.05, 4.69) is 44.8 Å². The molecule has 0 aromatic heterocycles. The average Bonchev–Trinajstić information content (AvgIpc) is 2.46. The molecule has 1 aliphatic carbocycles. The van der Waals surface area contributed by atoms with Crippen LogP contribution >= 0.6 is 0 Å². The Morgan fingerprint density at radius 1 is 1.05 bits per heavy atom. The van der Waals surface area contributed by atoms with Crippen LogP contribution in [0.25, 0.3) is 0 Å². The first-order valence-electron chi connectivity index (χ1n) is 9.03. The molecule has 118 valence electrons. The van der Waals surface area contributed by atoms with Crippen molar-refractivity contribution < 1.29 is 0 Å². The molecule has 4 atom stereocenters. The molecule has 1 saturated heterocycles. The summed E-state index contributed by atoms with van der Waals surface area (Å²) < 4.78 is 0. The zero-order valence-electron chi connectivity index (χ0n) is 14.4. The Hall–Kier alpha value is -0.0800. The summed E-state index contributed by atoms with van der Waals surface area (Å²) in [5, 5.41) is 3.79. The number of nitrogens with one attached hydrogen (secondary N) is 1. The third kappa shape index (κ3) is 3.57. The smallest absolute Gasteiger partial charge is 0.0221 e. The summed E-state index contributed by atoms with van der Waals surface area (Å²) in [5.41, 5.74) is 0. The number of nitrogens with zero attached hydrogens (tertiary/aromatic N) is 1. The van der Waals surface area contributed by atoms with Gasteiger partial charge in [0.2, 0.25) is 0 Å². The number of piperazine rings is 1. The zero-order valence-corrected chi connectivity index (χ0v) is 14.4. The van der Waals surface area contributed by atoms with Crippen molar-refractivity contribution in [2.75, 3.05) is 13.1 Å². The summed E-state index contributed by atoms with van der Waals surface area (Å²) in [6.45, 7) is 14.4. The Kier molecular flexibility index (Phi) is 5.92. The minimum Gasteiger partial charge on any atom is -0.311 e. The number of hydrogen-bond donors (Lipinski definition) is 1. The van der Waals surface area contributed by atoms with E-state index in [1.54, 1.807) is 0 Å². The predicted octanol–water partition coefficient (Wildman–Crippen LogP) is 3.91. The lowest BCUT2D eigenvalue weighted by molar-refractivity contribution is 0.00842. The van der Waals surface area contributed by atoms with Gasteiger partial charge in [0.1, 0.15) is 0 Å². The van der Waals surface area contributed by atoms with Crippen molar-refractivity contribution in [2.24, 2.45) is 17.8 Å². The number of rotatable bonds is 4. The van der Waals surface area contributed by atoms with Crippen LogP contribution in [0.4, 0.5) is 0 Å². The molecule has 0 aromatic rings. The van der Waals surface area contributed by atoms with Crippen molar-refractivity contribution in [1.29, 1.82) is 0 Å². The minimum atomic E-state index is 0.688. The highest BCUT2D eigenvalue weighted by atomic mass is 15.3. The van der Waals surface area contributed by atoms with Crippen molar-refractivity contribution in [3.05, 3.63) is 0 Å². The van der Waals surface area contributed by atoms with Gasteiger partial charge in [-0.25, -0.2) is 0 Å². The molecular weight excluding hydrogens is 244 g/mol. The van der Waals surface area contributed by atoms with E-state index in [9.17, 15) is 0 Å². The molecule has 2 rings (SSSR count). The molecule has 1 aliphatic heterocycles. The quantitative estimate of drug-likeness (QED) is 0.840. The maximum atomic E-state index is 3.79. The van der Waals surface area contributed by atoms with Gasteiger partial charge >= 0.3 is 0 Å². The van der Waals surface area contributed by atoms with Gasteiger partial charge in [-0.1, -0.05) is 47.5 Å². The summed E-state index contributed by atoms with van der Waals surface area (Å²) >= 11 is 0. The van der Waals surface area contributed by atoms with E-state index in [-0.39, 0.29) is 0 Å². The first-order valence-corrected chi connectivity index (χ1v) is 9.03. The molecule has 1 heterocycles. The molecule has 0 spiro atoms. The van der Waals surface area contributed by atoms with Gasteiger partial charge in [0.25, 0.3) is 0 Å². The third-order valence-corrected chi connectivity index (χ3v) is 5.83. The van der Waals surface area contributed by atoms with Crippen LogP contribution in [-0.2, 0) is 0 Å². The standard InChI is InChI=1S/C18H36N2/c1-6-15-11-19-17(14(4)5)12-20(15)18-10-8-7-9-16(18)13(2)3/h13-19H,6-12H2,1-5H3. The van der Waals surface area contributed by atoms with Gasteiger partial charge in [0, 0.05) is 31.2 Å². The van der Waals surface area contributed by atoms with E-state index in [0.29, 0.717) is 6.04 Å². The molecule has 0 aromatic carbocycles. The molecule has 20 heavy (non-hydrogen) atoms. The van der Waals surface area contributed by atoms with Crippen LogP contribution in [0.2, 0.25) is 0 Å². The SMILES string of the molecule is CCC1CNC(C(C)C)CN1C1CCCCC1C(C)C. The van der Waals surface area contributed by atoms with Gasteiger partial charge < -0.3 is 5.32 Å². The molecule has 2 fully saturated rings. The molecule has 0 radical (unpaired) electrons. The molecule has 1 saturated carbocycles. The van der Waals surface area contributed by atoms with E-state index in [4.69, 9.17) is 0 Å². The fourth-order valence-corrected chi connectivity index (χ4v) is 4.41. The summed E-state index contributed by atoms with van der Waals surface area (Å²) in [6.07, 6.45) is 7.08. The summed E-state index contributed by atoms with van der Waals surface area (Å²) in [6, 6.07) is 2.29.